The molecule has 7 heteroatoms. The number of hydrogen-bond donors (Lipinski definition) is 4. The number of hydrogen-bond acceptors (Lipinski definition) is 5. The fourth-order valence-electron chi connectivity index (χ4n) is 5.10. The Morgan fingerprint density at radius 1 is 0.588 bits per heavy atom. The van der Waals surface area contributed by atoms with Gasteiger partial charge in [-0.25, -0.2) is 0 Å². The van der Waals surface area contributed by atoms with E-state index < -0.39 is 5.66 Å². The molecule has 5 nitrogen and oxygen atoms in total. The van der Waals surface area contributed by atoms with E-state index in [1.165, 1.54) is 83.5 Å². The highest BCUT2D eigenvalue weighted by atomic mass is 19.0. The van der Waals surface area contributed by atoms with Crippen LogP contribution in [0, 0.1) is 5.92 Å². The quantitative estimate of drug-likeness (QED) is 0.0929. The molecule has 0 rings (SSSR count). The Labute approximate surface area is 209 Å². The summed E-state index contributed by atoms with van der Waals surface area (Å²) >= 11 is 0. The van der Waals surface area contributed by atoms with Gasteiger partial charge in [0, 0.05) is 26.2 Å². The Balaban J connectivity index is -0.00000480. The van der Waals surface area contributed by atoms with Crippen molar-refractivity contribution in [1.82, 2.24) is 4.90 Å². The average Bonchev–Trinajstić information content (AvgIpc) is 2.78. The van der Waals surface area contributed by atoms with Gasteiger partial charge in [0.15, 0.2) is 0 Å². The van der Waals surface area contributed by atoms with Crippen molar-refractivity contribution in [3.8, 4) is 0 Å². The van der Waals surface area contributed by atoms with Crippen LogP contribution in [-0.4, -0.2) is 58.8 Å². The summed E-state index contributed by atoms with van der Waals surface area (Å²) in [6.07, 6.45) is 21.9. The minimum absolute atomic E-state index is 0. The van der Waals surface area contributed by atoms with Gasteiger partial charge in [-0.05, 0) is 31.7 Å². The Morgan fingerprint density at radius 3 is 1.44 bits per heavy atom. The van der Waals surface area contributed by atoms with E-state index in [0.29, 0.717) is 19.4 Å². The van der Waals surface area contributed by atoms with E-state index >= 15 is 0 Å². The Morgan fingerprint density at radius 2 is 1.06 bits per heavy atom. The normalized spacial score (nSPS) is 13.9. The number of rotatable bonds is 25. The lowest BCUT2D eigenvalue weighted by molar-refractivity contribution is -0.00927. The number of nitrogens with zero attached hydrogens (tertiary/aromatic N) is 1. The molecule has 0 aromatic carbocycles. The smallest absolute Gasteiger partial charge is 0.0739 e. The second kappa shape index (κ2) is 27.3. The van der Waals surface area contributed by atoms with E-state index in [0.717, 1.165) is 25.8 Å². The van der Waals surface area contributed by atoms with E-state index in [2.05, 4.69) is 18.7 Å². The molecule has 0 fully saturated rings. The Hall–Kier alpha value is -0.340. The van der Waals surface area contributed by atoms with Gasteiger partial charge < -0.3 is 21.1 Å². The van der Waals surface area contributed by atoms with Crippen molar-refractivity contribution in [2.24, 2.45) is 11.7 Å². The Kier molecular flexibility index (Phi) is 30.6. The van der Waals surface area contributed by atoms with Crippen molar-refractivity contribution >= 4 is 0 Å². The van der Waals surface area contributed by atoms with Crippen molar-refractivity contribution in [3.63, 3.8) is 0 Å². The standard InChI is InChI=1S/C27H58N2O3.2FH/c1-3-5-6-7-8-9-10-11-12-13-14-15-16-17-18-26(19-23-30)27(28,20-24-31)29(21-4-2)22-25-32;;/h26,30-32H,3-25,28H2,1-2H3;2*1H. The molecule has 210 valence electrons. The van der Waals surface area contributed by atoms with Crippen molar-refractivity contribution in [3.05, 3.63) is 0 Å². The molecule has 34 heavy (non-hydrogen) atoms. The van der Waals surface area contributed by atoms with Gasteiger partial charge in [0.2, 0.25) is 0 Å². The number of aliphatic hydroxyl groups excluding tert-OH is 3. The predicted molar refractivity (Wildman–Crippen MR) is 143 cm³/mol. The first-order valence-corrected chi connectivity index (χ1v) is 14.0. The molecule has 0 saturated carbocycles. The molecule has 2 unspecified atom stereocenters. The maximum atomic E-state index is 9.67. The molecule has 0 radical (unpaired) electrons. The van der Waals surface area contributed by atoms with Crippen molar-refractivity contribution in [2.45, 2.75) is 135 Å². The van der Waals surface area contributed by atoms with E-state index in [1.807, 2.05) is 0 Å². The van der Waals surface area contributed by atoms with Crippen LogP contribution in [-0.2, 0) is 0 Å². The molecular formula is C27H60F2N2O3. The molecule has 0 aliphatic rings. The van der Waals surface area contributed by atoms with Crippen molar-refractivity contribution < 1.29 is 24.7 Å². The summed E-state index contributed by atoms with van der Waals surface area (Å²) in [7, 11) is 0. The lowest BCUT2D eigenvalue weighted by atomic mass is 9.82. The van der Waals surface area contributed by atoms with Crippen molar-refractivity contribution in [1.29, 1.82) is 0 Å². The first-order chi connectivity index (χ1) is 15.6. The molecule has 0 bridgehead atoms. The monoisotopic (exact) mass is 498 g/mol. The van der Waals surface area contributed by atoms with Crippen LogP contribution in [0.5, 0.6) is 0 Å². The third-order valence-electron chi connectivity index (χ3n) is 7.06. The second-order valence-corrected chi connectivity index (χ2v) is 9.77. The number of halogens is 2. The molecule has 0 amide bonds. The van der Waals surface area contributed by atoms with Crippen molar-refractivity contribution in [2.75, 3.05) is 32.9 Å². The maximum Gasteiger partial charge on any atom is 0.0739 e. The molecular weight excluding hydrogens is 438 g/mol. The van der Waals surface area contributed by atoms with Crippen LogP contribution in [0.2, 0.25) is 0 Å². The van der Waals surface area contributed by atoms with Gasteiger partial charge >= 0.3 is 0 Å². The molecule has 5 N–H and O–H groups in total. The lowest BCUT2D eigenvalue weighted by Gasteiger charge is -2.46. The highest BCUT2D eigenvalue weighted by Gasteiger charge is 2.38. The number of unbranched alkanes of at least 4 members (excludes halogenated alkanes) is 13. The largest absolute Gasteiger partial charge is 0.396 e. The molecule has 0 aromatic heterocycles. The van der Waals surface area contributed by atoms with Crippen LogP contribution in [0.4, 0.5) is 9.41 Å². The molecule has 0 spiro atoms. The highest BCUT2D eigenvalue weighted by molar-refractivity contribution is 4.91. The summed E-state index contributed by atoms with van der Waals surface area (Å²) in [6.45, 7) is 5.92. The summed E-state index contributed by atoms with van der Waals surface area (Å²) in [5.41, 5.74) is 6.19. The molecule has 0 saturated heterocycles. The summed E-state index contributed by atoms with van der Waals surface area (Å²) in [5.74, 6) is 0.134. The zero-order valence-corrected chi connectivity index (χ0v) is 22.5. The van der Waals surface area contributed by atoms with Gasteiger partial charge in [-0.15, -0.1) is 0 Å². The van der Waals surface area contributed by atoms with Gasteiger partial charge in [-0.3, -0.25) is 14.3 Å². The van der Waals surface area contributed by atoms with Gasteiger partial charge in [0.1, 0.15) is 0 Å². The van der Waals surface area contributed by atoms with Crippen LogP contribution < -0.4 is 5.73 Å². The zero-order valence-electron chi connectivity index (χ0n) is 22.5. The maximum absolute atomic E-state index is 9.67. The summed E-state index contributed by atoms with van der Waals surface area (Å²) in [6, 6.07) is 0. The van der Waals surface area contributed by atoms with Gasteiger partial charge in [-0.1, -0.05) is 104 Å². The predicted octanol–water partition coefficient (Wildman–Crippen LogP) is 5.90. The minimum Gasteiger partial charge on any atom is -0.396 e. The van der Waals surface area contributed by atoms with Crippen LogP contribution in [0.3, 0.4) is 0 Å². The van der Waals surface area contributed by atoms with Crippen LogP contribution in [0.1, 0.15) is 129 Å². The van der Waals surface area contributed by atoms with Crippen LogP contribution >= 0.6 is 0 Å². The van der Waals surface area contributed by atoms with E-state index in [1.54, 1.807) is 0 Å². The third-order valence-corrected chi connectivity index (χ3v) is 7.06. The van der Waals surface area contributed by atoms with E-state index in [-0.39, 0.29) is 35.1 Å². The number of aliphatic hydroxyl groups is 3. The Bertz CT molecular complexity index is 389. The topological polar surface area (TPSA) is 90.0 Å². The molecule has 0 aromatic rings. The summed E-state index contributed by atoms with van der Waals surface area (Å²) < 4.78 is 0. The molecule has 2 atom stereocenters. The summed E-state index contributed by atoms with van der Waals surface area (Å²) in [4.78, 5) is 2.13. The fourth-order valence-corrected chi connectivity index (χ4v) is 5.10. The average molecular weight is 499 g/mol. The fraction of sp³-hybridized carbons (Fsp3) is 1.00. The zero-order chi connectivity index (χ0) is 23.9. The lowest BCUT2D eigenvalue weighted by Crippen LogP contribution is -2.62. The van der Waals surface area contributed by atoms with Crippen LogP contribution in [0.15, 0.2) is 0 Å². The van der Waals surface area contributed by atoms with Crippen LogP contribution in [0.25, 0.3) is 0 Å². The molecule has 0 aliphatic heterocycles. The molecule has 0 heterocycles. The van der Waals surface area contributed by atoms with Gasteiger partial charge in [0.25, 0.3) is 0 Å². The van der Waals surface area contributed by atoms with E-state index in [4.69, 9.17) is 5.73 Å². The molecule has 0 aliphatic carbocycles. The highest BCUT2D eigenvalue weighted by Crippen LogP contribution is 2.31. The first-order valence-electron chi connectivity index (χ1n) is 14.0. The summed E-state index contributed by atoms with van der Waals surface area (Å²) in [5, 5.41) is 28.8. The second-order valence-electron chi connectivity index (χ2n) is 9.77. The first kappa shape index (κ1) is 38.2. The number of nitrogens with two attached hydrogens (primary N) is 1. The van der Waals surface area contributed by atoms with Gasteiger partial charge in [0.05, 0.1) is 12.3 Å². The van der Waals surface area contributed by atoms with Gasteiger partial charge in [-0.2, -0.15) is 0 Å². The minimum atomic E-state index is -0.660. The SMILES string of the molecule is CCCCCCCCCCCCCCCCC(CCO)C(N)(CCO)N(CCC)CCO.F.F. The van der Waals surface area contributed by atoms with E-state index in [9.17, 15) is 15.3 Å². The third kappa shape index (κ3) is 18.0.